The van der Waals surface area contributed by atoms with E-state index in [2.05, 4.69) is 9.84 Å². The van der Waals surface area contributed by atoms with Crippen LogP contribution in [0.25, 0.3) is 0 Å². The number of ether oxygens (including phenoxy) is 1. The Labute approximate surface area is 70.2 Å². The van der Waals surface area contributed by atoms with Crippen LogP contribution in [0.5, 0.6) is 0 Å². The number of carbonyl (C=O) groups is 1. The lowest BCUT2D eigenvalue weighted by atomic mass is 9.96. The third-order valence-electron chi connectivity index (χ3n) is 1.49. The number of esters is 1. The molecule has 1 heterocycles. The van der Waals surface area contributed by atoms with E-state index in [-0.39, 0.29) is 7.48 Å². The van der Waals surface area contributed by atoms with Gasteiger partial charge in [0.05, 0.1) is 12.7 Å². The van der Waals surface area contributed by atoms with Crippen molar-refractivity contribution in [3.8, 4) is 0 Å². The second-order valence-electron chi connectivity index (χ2n) is 2.29. The SMILES string of the molecule is COC(=O)c1cc(BO)nn1C. The number of aryl methyl sites for hydroxylation is 1. The summed E-state index contributed by atoms with van der Waals surface area (Å²) in [4.78, 5) is 11.0. The Bertz CT molecular complexity index is 297. The number of nitrogens with zero attached hydrogens (tertiary/aromatic N) is 2. The lowest BCUT2D eigenvalue weighted by molar-refractivity contribution is 0.0588. The number of methoxy groups -OCH3 is 1. The van der Waals surface area contributed by atoms with Crippen molar-refractivity contribution in [2.45, 2.75) is 0 Å². The van der Waals surface area contributed by atoms with Crippen LogP contribution < -0.4 is 5.59 Å². The minimum atomic E-state index is -0.454. The molecule has 12 heavy (non-hydrogen) atoms. The molecule has 0 fully saturated rings. The maximum absolute atomic E-state index is 11.0. The number of carbonyl (C=O) groups excluding carboxylic acids is 1. The Morgan fingerprint density at radius 1 is 1.83 bits per heavy atom. The fraction of sp³-hybridized carbons (Fsp3) is 0.333. The molecule has 1 N–H and O–H groups in total. The number of hydrogen-bond acceptors (Lipinski definition) is 4. The van der Waals surface area contributed by atoms with Gasteiger partial charge in [-0.25, -0.2) is 4.79 Å². The maximum Gasteiger partial charge on any atom is 0.356 e. The van der Waals surface area contributed by atoms with Gasteiger partial charge >= 0.3 is 13.5 Å². The average Bonchev–Trinajstić information content (AvgIpc) is 2.45. The highest BCUT2D eigenvalue weighted by atomic mass is 16.5. The van der Waals surface area contributed by atoms with Crippen molar-refractivity contribution in [1.82, 2.24) is 9.78 Å². The molecule has 1 aromatic heterocycles. The molecule has 0 amide bonds. The summed E-state index contributed by atoms with van der Waals surface area (Å²) in [6.45, 7) is 0. The monoisotopic (exact) mass is 168 g/mol. The third-order valence-corrected chi connectivity index (χ3v) is 1.49. The van der Waals surface area contributed by atoms with Crippen molar-refractivity contribution in [1.29, 1.82) is 0 Å². The molecule has 0 bridgehead atoms. The van der Waals surface area contributed by atoms with Crippen LogP contribution in [0.2, 0.25) is 0 Å². The molecular weight excluding hydrogens is 159 g/mol. The Morgan fingerprint density at radius 2 is 2.50 bits per heavy atom. The molecule has 0 radical (unpaired) electrons. The maximum atomic E-state index is 11.0. The molecule has 0 saturated heterocycles. The minimum Gasteiger partial charge on any atom is -0.464 e. The predicted octanol–water partition coefficient (Wildman–Crippen LogP) is -1.82. The van der Waals surface area contributed by atoms with E-state index >= 15 is 0 Å². The minimum absolute atomic E-state index is 0.176. The lowest BCUT2D eigenvalue weighted by Crippen LogP contribution is -2.15. The Balaban J connectivity index is 2.99. The van der Waals surface area contributed by atoms with Crippen molar-refractivity contribution in [3.05, 3.63) is 11.8 Å². The van der Waals surface area contributed by atoms with Crippen molar-refractivity contribution in [3.63, 3.8) is 0 Å². The van der Waals surface area contributed by atoms with Gasteiger partial charge in [0, 0.05) is 7.05 Å². The van der Waals surface area contributed by atoms with E-state index in [9.17, 15) is 4.79 Å². The van der Waals surface area contributed by atoms with Crippen LogP contribution in [0.4, 0.5) is 0 Å². The zero-order valence-corrected chi connectivity index (χ0v) is 6.94. The molecule has 0 spiro atoms. The molecule has 0 unspecified atom stereocenters. The normalized spacial score (nSPS) is 9.58. The van der Waals surface area contributed by atoms with E-state index in [0.29, 0.717) is 11.3 Å². The first-order chi connectivity index (χ1) is 5.69. The van der Waals surface area contributed by atoms with E-state index < -0.39 is 5.97 Å². The second kappa shape index (κ2) is 3.40. The third kappa shape index (κ3) is 1.48. The summed E-state index contributed by atoms with van der Waals surface area (Å²) < 4.78 is 5.87. The smallest absolute Gasteiger partial charge is 0.356 e. The molecule has 0 saturated carbocycles. The van der Waals surface area contributed by atoms with Crippen molar-refractivity contribution in [2.75, 3.05) is 7.11 Å². The number of aromatic nitrogens is 2. The van der Waals surface area contributed by atoms with Gasteiger partial charge in [-0.05, 0) is 6.07 Å². The van der Waals surface area contributed by atoms with Crippen molar-refractivity contribution >= 4 is 19.0 Å². The van der Waals surface area contributed by atoms with Crippen LogP contribution >= 0.6 is 0 Å². The topological polar surface area (TPSA) is 64.3 Å². The van der Waals surface area contributed by atoms with Gasteiger partial charge in [0.25, 0.3) is 0 Å². The van der Waals surface area contributed by atoms with Crippen LogP contribution in [-0.2, 0) is 11.8 Å². The lowest BCUT2D eigenvalue weighted by Gasteiger charge is -1.96. The molecule has 0 aromatic carbocycles. The summed E-state index contributed by atoms with van der Waals surface area (Å²) in [5, 5.41) is 12.6. The van der Waals surface area contributed by atoms with Gasteiger partial charge in [-0.2, -0.15) is 5.10 Å². The summed E-state index contributed by atoms with van der Waals surface area (Å²) in [6, 6.07) is 1.49. The summed E-state index contributed by atoms with van der Waals surface area (Å²) >= 11 is 0. The fourth-order valence-corrected chi connectivity index (χ4v) is 0.900. The van der Waals surface area contributed by atoms with Crippen LogP contribution in [0.15, 0.2) is 6.07 Å². The first kappa shape index (κ1) is 8.80. The van der Waals surface area contributed by atoms with Gasteiger partial charge in [0.1, 0.15) is 5.69 Å². The van der Waals surface area contributed by atoms with Gasteiger partial charge in [-0.3, -0.25) is 4.68 Å². The fourth-order valence-electron chi connectivity index (χ4n) is 0.900. The molecule has 1 rings (SSSR count). The van der Waals surface area contributed by atoms with Crippen molar-refractivity contribution in [2.24, 2.45) is 7.05 Å². The standard InChI is InChI=1S/C6H9BN2O3/c1-9-4(6(10)12-2)3-5(7-11)8-9/h3,7,11H,1-2H3. The van der Waals surface area contributed by atoms with Gasteiger partial charge in [0.15, 0.2) is 0 Å². The van der Waals surface area contributed by atoms with Gasteiger partial charge in [-0.15, -0.1) is 0 Å². The first-order valence-corrected chi connectivity index (χ1v) is 3.41. The molecule has 6 heteroatoms. The number of hydrogen-bond donors (Lipinski definition) is 1. The summed E-state index contributed by atoms with van der Waals surface area (Å²) in [5.41, 5.74) is 0.791. The van der Waals surface area contributed by atoms with E-state index in [4.69, 9.17) is 5.02 Å². The van der Waals surface area contributed by atoms with Gasteiger partial charge in [0.2, 0.25) is 0 Å². The zero-order chi connectivity index (χ0) is 9.14. The molecule has 0 aliphatic heterocycles. The Kier molecular flexibility index (Phi) is 2.49. The molecule has 0 aliphatic carbocycles. The predicted molar refractivity (Wildman–Crippen MR) is 43.5 cm³/mol. The van der Waals surface area contributed by atoms with Gasteiger partial charge < -0.3 is 9.76 Å². The zero-order valence-electron chi connectivity index (χ0n) is 6.94. The second-order valence-corrected chi connectivity index (χ2v) is 2.29. The summed E-state index contributed by atoms with van der Waals surface area (Å²) in [5.74, 6) is -0.454. The van der Waals surface area contributed by atoms with Crippen LogP contribution in [0.3, 0.4) is 0 Å². The number of rotatable bonds is 2. The molecule has 64 valence electrons. The van der Waals surface area contributed by atoms with Crippen LogP contribution in [-0.4, -0.2) is 35.4 Å². The highest BCUT2D eigenvalue weighted by Gasteiger charge is 2.12. The van der Waals surface area contributed by atoms with E-state index in [1.807, 2.05) is 0 Å². The molecule has 5 nitrogen and oxygen atoms in total. The highest BCUT2D eigenvalue weighted by Crippen LogP contribution is 1.95. The molecule has 1 aromatic rings. The Hall–Kier alpha value is -1.30. The highest BCUT2D eigenvalue weighted by molar-refractivity contribution is 6.44. The quantitative estimate of drug-likeness (QED) is 0.417. The summed E-state index contributed by atoms with van der Waals surface area (Å²) in [6.07, 6.45) is 0. The average molecular weight is 168 g/mol. The molecular formula is C6H9BN2O3. The van der Waals surface area contributed by atoms with E-state index in [0.717, 1.165) is 0 Å². The molecule has 0 atom stereocenters. The first-order valence-electron chi connectivity index (χ1n) is 3.41. The molecule has 0 aliphatic rings. The van der Waals surface area contributed by atoms with E-state index in [1.54, 1.807) is 7.05 Å². The van der Waals surface area contributed by atoms with E-state index in [1.165, 1.54) is 17.9 Å². The van der Waals surface area contributed by atoms with Crippen LogP contribution in [0.1, 0.15) is 10.5 Å². The van der Waals surface area contributed by atoms with Crippen molar-refractivity contribution < 1.29 is 14.6 Å². The Morgan fingerprint density at radius 3 is 2.92 bits per heavy atom. The summed E-state index contributed by atoms with van der Waals surface area (Å²) in [7, 11) is 2.74. The van der Waals surface area contributed by atoms with Crippen LogP contribution in [0, 0.1) is 0 Å². The van der Waals surface area contributed by atoms with Gasteiger partial charge in [-0.1, -0.05) is 0 Å². The largest absolute Gasteiger partial charge is 0.464 e.